The number of ether oxygens (including phenoxy) is 1. The van der Waals surface area contributed by atoms with Crippen molar-refractivity contribution in [2.75, 3.05) is 18.6 Å². The van der Waals surface area contributed by atoms with Crippen LogP contribution in [0.5, 0.6) is 5.75 Å². The van der Waals surface area contributed by atoms with Crippen LogP contribution >= 0.6 is 0 Å². The van der Waals surface area contributed by atoms with Gasteiger partial charge in [-0.2, -0.15) is 0 Å². The molecule has 4 amide bonds. The number of hydrogen-bond donors (Lipinski definition) is 1. The molecule has 0 bridgehead atoms. The number of urea groups is 1. The summed E-state index contributed by atoms with van der Waals surface area (Å²) in [4.78, 5) is 42.6. The third kappa shape index (κ3) is 3.50. The fourth-order valence-corrected chi connectivity index (χ4v) is 4.72. The van der Waals surface area contributed by atoms with E-state index in [1.807, 2.05) is 48.5 Å². The molecular formula is C27H25N3O4. The van der Waals surface area contributed by atoms with E-state index in [9.17, 15) is 14.4 Å². The van der Waals surface area contributed by atoms with E-state index in [0.29, 0.717) is 11.3 Å². The average Bonchev–Trinajstić information content (AvgIpc) is 2.99. The number of hydrogen-bond acceptors (Lipinski definition) is 4. The van der Waals surface area contributed by atoms with Crippen LogP contribution in [-0.4, -0.2) is 36.4 Å². The number of carbonyl (C=O) groups excluding carboxylic acids is 3. The molecule has 0 radical (unpaired) electrons. The third-order valence-electron chi connectivity index (χ3n) is 6.61. The normalized spacial score (nSPS) is 19.2. The van der Waals surface area contributed by atoms with Gasteiger partial charge in [0.2, 0.25) is 0 Å². The summed E-state index contributed by atoms with van der Waals surface area (Å²) < 4.78 is 5.19. The fraction of sp³-hybridized carbons (Fsp3) is 0.222. The van der Waals surface area contributed by atoms with Gasteiger partial charge in [-0.15, -0.1) is 0 Å². The van der Waals surface area contributed by atoms with Gasteiger partial charge in [-0.05, 0) is 60.7 Å². The van der Waals surface area contributed by atoms with Crippen molar-refractivity contribution in [2.24, 2.45) is 0 Å². The van der Waals surface area contributed by atoms with Gasteiger partial charge in [0, 0.05) is 0 Å². The van der Waals surface area contributed by atoms with Gasteiger partial charge in [0.05, 0.1) is 18.5 Å². The second-order valence-corrected chi connectivity index (χ2v) is 8.66. The van der Waals surface area contributed by atoms with Gasteiger partial charge in [0.1, 0.15) is 17.8 Å². The van der Waals surface area contributed by atoms with Crippen molar-refractivity contribution in [1.29, 1.82) is 0 Å². The summed E-state index contributed by atoms with van der Waals surface area (Å²) in [5.41, 5.74) is 3.01. The Morgan fingerprint density at radius 3 is 2.03 bits per heavy atom. The highest BCUT2D eigenvalue weighted by atomic mass is 16.5. The molecule has 172 valence electrons. The van der Waals surface area contributed by atoms with E-state index in [1.165, 1.54) is 0 Å². The Morgan fingerprint density at radius 2 is 1.47 bits per heavy atom. The van der Waals surface area contributed by atoms with Crippen molar-refractivity contribution in [3.63, 3.8) is 0 Å². The maximum Gasteiger partial charge on any atom is 0.325 e. The molecule has 3 aromatic carbocycles. The predicted octanol–water partition coefficient (Wildman–Crippen LogP) is 3.93. The zero-order chi connectivity index (χ0) is 23.9. The van der Waals surface area contributed by atoms with Crippen LogP contribution in [0.2, 0.25) is 0 Å². The second-order valence-electron chi connectivity index (χ2n) is 8.66. The summed E-state index contributed by atoms with van der Waals surface area (Å²) in [6.45, 7) is 1.29. The van der Waals surface area contributed by atoms with E-state index in [4.69, 9.17) is 4.74 Å². The number of rotatable bonds is 4. The number of aryl methyl sites for hydroxylation is 2. The Kier molecular flexibility index (Phi) is 5.32. The maximum absolute atomic E-state index is 13.7. The van der Waals surface area contributed by atoms with Crippen LogP contribution in [0.1, 0.15) is 23.6 Å². The van der Waals surface area contributed by atoms with Crippen molar-refractivity contribution >= 4 is 29.2 Å². The van der Waals surface area contributed by atoms with Gasteiger partial charge >= 0.3 is 6.03 Å². The first kappa shape index (κ1) is 21.7. The Balaban J connectivity index is 1.47. The largest absolute Gasteiger partial charge is 0.497 e. The topological polar surface area (TPSA) is 79.0 Å². The van der Waals surface area contributed by atoms with Gasteiger partial charge in [0.25, 0.3) is 11.8 Å². The van der Waals surface area contributed by atoms with Gasteiger partial charge < -0.3 is 10.1 Å². The summed E-state index contributed by atoms with van der Waals surface area (Å²) in [6, 6.07) is 21.9. The lowest BCUT2D eigenvalue weighted by Crippen LogP contribution is -2.43. The molecule has 0 saturated carbocycles. The summed E-state index contributed by atoms with van der Waals surface area (Å²) in [5.74, 6) is -0.161. The molecule has 1 fully saturated rings. The Morgan fingerprint density at radius 1 is 0.912 bits per heavy atom. The van der Waals surface area contributed by atoms with Gasteiger partial charge in [-0.25, -0.2) is 4.79 Å². The van der Waals surface area contributed by atoms with Crippen LogP contribution in [0.25, 0.3) is 0 Å². The molecule has 7 heteroatoms. The molecule has 0 aromatic heterocycles. The van der Waals surface area contributed by atoms with E-state index in [1.54, 1.807) is 43.2 Å². The van der Waals surface area contributed by atoms with Gasteiger partial charge in [-0.3, -0.25) is 19.4 Å². The SMILES string of the molecule is COc1ccc(C2(C)NC(=O)N(CC(=O)N3c4ccccc4CCc4ccccc43)C2=O)cc1. The summed E-state index contributed by atoms with van der Waals surface area (Å²) in [6.07, 6.45) is 1.60. The maximum atomic E-state index is 13.7. The van der Waals surface area contributed by atoms with Gasteiger partial charge in [-0.1, -0.05) is 48.5 Å². The molecule has 1 N–H and O–H groups in total. The number of benzene rings is 3. The molecule has 3 aromatic rings. The molecule has 5 rings (SSSR count). The number of fused-ring (bicyclic) bond motifs is 2. The number of imide groups is 1. The average molecular weight is 456 g/mol. The van der Waals surface area contributed by atoms with E-state index in [2.05, 4.69) is 5.32 Å². The zero-order valence-electron chi connectivity index (χ0n) is 19.1. The lowest BCUT2D eigenvalue weighted by Gasteiger charge is -2.27. The summed E-state index contributed by atoms with van der Waals surface area (Å²) >= 11 is 0. The molecule has 34 heavy (non-hydrogen) atoms. The lowest BCUT2D eigenvalue weighted by molar-refractivity contribution is -0.134. The first-order valence-electron chi connectivity index (χ1n) is 11.2. The monoisotopic (exact) mass is 455 g/mol. The molecule has 0 spiro atoms. The zero-order valence-corrected chi connectivity index (χ0v) is 19.1. The third-order valence-corrected chi connectivity index (χ3v) is 6.61. The number of nitrogens with one attached hydrogen (secondary N) is 1. The van der Waals surface area contributed by atoms with Crippen LogP contribution in [0.4, 0.5) is 16.2 Å². The van der Waals surface area contributed by atoms with Crippen molar-refractivity contribution < 1.29 is 19.1 Å². The van der Waals surface area contributed by atoms with Crippen LogP contribution in [0.3, 0.4) is 0 Å². The Bertz CT molecular complexity index is 1240. The summed E-state index contributed by atoms with van der Waals surface area (Å²) in [7, 11) is 1.56. The second kappa shape index (κ2) is 8.33. The first-order chi connectivity index (χ1) is 16.4. The number of carbonyl (C=O) groups is 3. The minimum Gasteiger partial charge on any atom is -0.497 e. The smallest absolute Gasteiger partial charge is 0.325 e. The van der Waals surface area contributed by atoms with Crippen molar-refractivity contribution in [2.45, 2.75) is 25.3 Å². The predicted molar refractivity (Wildman–Crippen MR) is 128 cm³/mol. The highest BCUT2D eigenvalue weighted by molar-refractivity contribution is 6.12. The summed E-state index contributed by atoms with van der Waals surface area (Å²) in [5, 5.41) is 2.77. The molecular weight excluding hydrogens is 430 g/mol. The van der Waals surface area contributed by atoms with E-state index < -0.39 is 17.5 Å². The van der Waals surface area contributed by atoms with Crippen LogP contribution in [0, 0.1) is 0 Å². The molecule has 1 saturated heterocycles. The Labute approximate surface area is 197 Å². The number of methoxy groups -OCH3 is 1. The number of amides is 4. The first-order valence-corrected chi connectivity index (χ1v) is 11.2. The Hall–Kier alpha value is -4.13. The fourth-order valence-electron chi connectivity index (χ4n) is 4.72. The molecule has 2 heterocycles. The highest BCUT2D eigenvalue weighted by Crippen LogP contribution is 2.37. The van der Waals surface area contributed by atoms with E-state index in [0.717, 1.165) is 40.2 Å². The van der Waals surface area contributed by atoms with Crippen LogP contribution in [-0.2, 0) is 28.0 Å². The van der Waals surface area contributed by atoms with Crippen LogP contribution < -0.4 is 15.0 Å². The minimum absolute atomic E-state index is 0.343. The quantitative estimate of drug-likeness (QED) is 0.605. The molecule has 2 aliphatic heterocycles. The van der Waals surface area contributed by atoms with E-state index in [-0.39, 0.29) is 12.5 Å². The standard InChI is InChI=1S/C27H25N3O4/c1-27(20-13-15-21(34-2)16-14-20)25(32)29(26(33)28-27)17-24(31)30-22-9-5-3-7-18(22)11-12-19-8-4-6-10-23(19)30/h3-10,13-16H,11-12,17H2,1-2H3,(H,28,33). The molecule has 7 nitrogen and oxygen atoms in total. The molecule has 1 atom stereocenters. The number of anilines is 2. The van der Waals surface area contributed by atoms with Gasteiger partial charge in [0.15, 0.2) is 0 Å². The minimum atomic E-state index is -1.27. The van der Waals surface area contributed by atoms with E-state index >= 15 is 0 Å². The molecule has 2 aliphatic rings. The number of nitrogens with zero attached hydrogens (tertiary/aromatic N) is 2. The lowest BCUT2D eigenvalue weighted by atomic mass is 9.92. The molecule has 1 unspecified atom stereocenters. The van der Waals surface area contributed by atoms with Crippen molar-refractivity contribution in [3.05, 3.63) is 89.5 Å². The highest BCUT2D eigenvalue weighted by Gasteiger charge is 2.50. The van der Waals surface area contributed by atoms with Crippen molar-refractivity contribution in [3.8, 4) is 5.75 Å². The number of para-hydroxylation sites is 2. The molecule has 0 aliphatic carbocycles. The van der Waals surface area contributed by atoms with Crippen molar-refractivity contribution in [1.82, 2.24) is 10.2 Å². The van der Waals surface area contributed by atoms with Crippen LogP contribution in [0.15, 0.2) is 72.8 Å².